The quantitative estimate of drug-likeness (QED) is 0.774. The van der Waals surface area contributed by atoms with Gasteiger partial charge >= 0.3 is 5.97 Å². The van der Waals surface area contributed by atoms with Crippen molar-refractivity contribution < 1.29 is 15.0 Å². The van der Waals surface area contributed by atoms with E-state index >= 15 is 0 Å². The van der Waals surface area contributed by atoms with Gasteiger partial charge in [0.1, 0.15) is 0 Å². The minimum absolute atomic E-state index is 0.296. The Kier molecular flexibility index (Phi) is 4.31. The monoisotopic (exact) mass is 208 g/mol. The Morgan fingerprint density at radius 2 is 1.93 bits per heavy atom. The van der Waals surface area contributed by atoms with Gasteiger partial charge in [0, 0.05) is 0 Å². The van der Waals surface area contributed by atoms with E-state index in [1.165, 1.54) is 0 Å². The van der Waals surface area contributed by atoms with Crippen LogP contribution in [0.1, 0.15) is 18.9 Å². The molecule has 0 aliphatic rings. The maximum atomic E-state index is 10.6. The Bertz CT molecular complexity index is 308. The fourth-order valence-electron chi connectivity index (χ4n) is 1.48. The summed E-state index contributed by atoms with van der Waals surface area (Å²) in [6.45, 7) is 1.61. The van der Waals surface area contributed by atoms with Gasteiger partial charge < -0.3 is 10.2 Å². The molecule has 0 radical (unpaired) electrons. The molecule has 0 aliphatic heterocycles. The third kappa shape index (κ3) is 4.13. The first-order chi connectivity index (χ1) is 7.09. The van der Waals surface area contributed by atoms with Crippen LogP contribution in [0.15, 0.2) is 30.3 Å². The van der Waals surface area contributed by atoms with Crippen molar-refractivity contribution in [2.45, 2.75) is 25.9 Å². The number of aliphatic hydroxyl groups excluding tert-OH is 1. The Balaban J connectivity index is 2.43. The summed E-state index contributed by atoms with van der Waals surface area (Å²) in [5.41, 5.74) is 1.03. The fourth-order valence-corrected chi connectivity index (χ4v) is 1.48. The number of carbonyl (C=O) groups is 1. The van der Waals surface area contributed by atoms with Crippen molar-refractivity contribution in [3.63, 3.8) is 0 Å². The van der Waals surface area contributed by atoms with Crippen LogP contribution in [0.5, 0.6) is 0 Å². The lowest BCUT2D eigenvalue weighted by molar-refractivity contribution is -0.142. The minimum atomic E-state index is -0.859. The van der Waals surface area contributed by atoms with Crippen molar-refractivity contribution in [2.75, 3.05) is 0 Å². The Morgan fingerprint density at radius 1 is 1.33 bits per heavy atom. The molecule has 2 unspecified atom stereocenters. The molecule has 1 aromatic rings. The number of hydrogen-bond donors (Lipinski definition) is 2. The average Bonchev–Trinajstić information content (AvgIpc) is 2.18. The standard InChI is InChI=1S/C12H16O3/c1-9(12(14)15)7-11(13)8-10-5-3-2-4-6-10/h2-6,9,11,13H,7-8H2,1H3,(H,14,15). The van der Waals surface area contributed by atoms with Gasteiger partial charge in [0.15, 0.2) is 0 Å². The molecule has 2 atom stereocenters. The van der Waals surface area contributed by atoms with E-state index in [9.17, 15) is 9.90 Å². The summed E-state index contributed by atoms with van der Waals surface area (Å²) in [5, 5.41) is 18.3. The number of aliphatic hydroxyl groups is 1. The molecular formula is C12H16O3. The molecule has 1 rings (SSSR count). The van der Waals surface area contributed by atoms with E-state index in [0.29, 0.717) is 12.8 Å². The molecule has 15 heavy (non-hydrogen) atoms. The van der Waals surface area contributed by atoms with Crippen LogP contribution in [0.2, 0.25) is 0 Å². The lowest BCUT2D eigenvalue weighted by Gasteiger charge is -2.13. The van der Waals surface area contributed by atoms with E-state index in [-0.39, 0.29) is 0 Å². The van der Waals surface area contributed by atoms with E-state index in [1.54, 1.807) is 6.92 Å². The molecule has 2 N–H and O–H groups in total. The molecule has 0 aliphatic carbocycles. The predicted molar refractivity (Wildman–Crippen MR) is 57.6 cm³/mol. The molecule has 82 valence electrons. The molecule has 1 aromatic carbocycles. The summed E-state index contributed by atoms with van der Waals surface area (Å²) in [6.07, 6.45) is 0.223. The molecule has 0 aromatic heterocycles. The van der Waals surface area contributed by atoms with E-state index in [2.05, 4.69) is 0 Å². The predicted octanol–water partition coefficient (Wildman–Crippen LogP) is 1.70. The zero-order valence-corrected chi connectivity index (χ0v) is 8.76. The average molecular weight is 208 g/mol. The molecule has 0 saturated heterocycles. The molecule has 0 bridgehead atoms. The molecule has 0 amide bonds. The Morgan fingerprint density at radius 3 is 2.47 bits per heavy atom. The third-order valence-electron chi connectivity index (χ3n) is 2.36. The first-order valence-corrected chi connectivity index (χ1v) is 5.04. The largest absolute Gasteiger partial charge is 0.481 e. The lowest BCUT2D eigenvalue weighted by Crippen LogP contribution is -2.19. The Labute approximate surface area is 89.4 Å². The number of aliphatic carboxylic acids is 1. The van der Waals surface area contributed by atoms with Gasteiger partial charge in [-0.25, -0.2) is 0 Å². The van der Waals surface area contributed by atoms with E-state index < -0.39 is 18.0 Å². The van der Waals surface area contributed by atoms with Crippen LogP contribution in [-0.2, 0) is 11.2 Å². The van der Waals surface area contributed by atoms with Gasteiger partial charge in [-0.2, -0.15) is 0 Å². The molecular weight excluding hydrogens is 192 g/mol. The topological polar surface area (TPSA) is 57.5 Å². The number of carboxylic acid groups (broad SMARTS) is 1. The summed E-state index contributed by atoms with van der Waals surface area (Å²) >= 11 is 0. The van der Waals surface area contributed by atoms with Crippen LogP contribution in [0, 0.1) is 5.92 Å². The van der Waals surface area contributed by atoms with Crippen molar-refractivity contribution in [3.05, 3.63) is 35.9 Å². The number of rotatable bonds is 5. The molecule has 3 heteroatoms. The molecule has 0 heterocycles. The van der Waals surface area contributed by atoms with Gasteiger partial charge in [-0.1, -0.05) is 37.3 Å². The van der Waals surface area contributed by atoms with Crippen molar-refractivity contribution in [1.82, 2.24) is 0 Å². The van der Waals surface area contributed by atoms with Crippen LogP contribution in [0.4, 0.5) is 0 Å². The van der Waals surface area contributed by atoms with Gasteiger partial charge in [0.05, 0.1) is 12.0 Å². The van der Waals surface area contributed by atoms with Gasteiger partial charge in [0.2, 0.25) is 0 Å². The zero-order valence-electron chi connectivity index (χ0n) is 8.76. The normalized spacial score (nSPS) is 14.5. The molecule has 0 fully saturated rings. The van der Waals surface area contributed by atoms with Gasteiger partial charge in [-0.05, 0) is 18.4 Å². The fraction of sp³-hybridized carbons (Fsp3) is 0.417. The third-order valence-corrected chi connectivity index (χ3v) is 2.36. The first-order valence-electron chi connectivity index (χ1n) is 5.04. The highest BCUT2D eigenvalue weighted by Gasteiger charge is 2.16. The summed E-state index contributed by atoms with van der Waals surface area (Å²) in [4.78, 5) is 10.6. The van der Waals surface area contributed by atoms with Crippen LogP contribution >= 0.6 is 0 Å². The number of hydrogen-bond acceptors (Lipinski definition) is 2. The van der Waals surface area contributed by atoms with E-state index in [0.717, 1.165) is 5.56 Å². The van der Waals surface area contributed by atoms with E-state index in [4.69, 9.17) is 5.11 Å². The molecule has 0 saturated carbocycles. The van der Waals surface area contributed by atoms with Gasteiger partial charge in [-0.3, -0.25) is 4.79 Å². The van der Waals surface area contributed by atoms with Gasteiger partial charge in [-0.15, -0.1) is 0 Å². The van der Waals surface area contributed by atoms with Gasteiger partial charge in [0.25, 0.3) is 0 Å². The second kappa shape index (κ2) is 5.51. The lowest BCUT2D eigenvalue weighted by atomic mass is 9.99. The maximum absolute atomic E-state index is 10.6. The number of carboxylic acids is 1. The number of benzene rings is 1. The van der Waals surface area contributed by atoms with Crippen LogP contribution in [0.3, 0.4) is 0 Å². The van der Waals surface area contributed by atoms with Crippen molar-refractivity contribution in [3.8, 4) is 0 Å². The highest BCUT2D eigenvalue weighted by atomic mass is 16.4. The summed E-state index contributed by atoms with van der Waals surface area (Å²) in [5.74, 6) is -1.36. The van der Waals surface area contributed by atoms with Crippen molar-refractivity contribution in [1.29, 1.82) is 0 Å². The van der Waals surface area contributed by atoms with Crippen molar-refractivity contribution in [2.24, 2.45) is 5.92 Å². The molecule has 3 nitrogen and oxygen atoms in total. The Hall–Kier alpha value is -1.35. The molecule has 0 spiro atoms. The smallest absolute Gasteiger partial charge is 0.306 e. The highest BCUT2D eigenvalue weighted by molar-refractivity contribution is 5.69. The van der Waals surface area contributed by atoms with Crippen LogP contribution in [-0.4, -0.2) is 22.3 Å². The van der Waals surface area contributed by atoms with Crippen LogP contribution < -0.4 is 0 Å². The van der Waals surface area contributed by atoms with E-state index in [1.807, 2.05) is 30.3 Å². The zero-order chi connectivity index (χ0) is 11.3. The summed E-state index contributed by atoms with van der Waals surface area (Å²) in [7, 11) is 0. The summed E-state index contributed by atoms with van der Waals surface area (Å²) < 4.78 is 0. The summed E-state index contributed by atoms with van der Waals surface area (Å²) in [6, 6.07) is 9.57. The second-order valence-corrected chi connectivity index (χ2v) is 3.82. The minimum Gasteiger partial charge on any atom is -0.481 e. The van der Waals surface area contributed by atoms with Crippen molar-refractivity contribution >= 4 is 5.97 Å². The first kappa shape index (κ1) is 11.7. The van der Waals surface area contributed by atoms with Crippen LogP contribution in [0.25, 0.3) is 0 Å². The maximum Gasteiger partial charge on any atom is 0.306 e. The SMILES string of the molecule is CC(CC(O)Cc1ccccc1)C(=O)O. The highest BCUT2D eigenvalue weighted by Crippen LogP contribution is 2.11. The second-order valence-electron chi connectivity index (χ2n) is 3.82.